The summed E-state index contributed by atoms with van der Waals surface area (Å²) < 4.78 is 13.4. The Morgan fingerprint density at radius 1 is 1.40 bits per heavy atom. The Labute approximate surface area is 148 Å². The summed E-state index contributed by atoms with van der Waals surface area (Å²) in [5.41, 5.74) is 0.945. The first-order chi connectivity index (χ1) is 12.1. The molecule has 132 valence electrons. The summed E-state index contributed by atoms with van der Waals surface area (Å²) in [5.74, 6) is -1.77. The molecule has 0 bridgehead atoms. The molecule has 1 atom stereocenters. The Morgan fingerprint density at radius 2 is 2.24 bits per heavy atom. The van der Waals surface area contributed by atoms with Crippen LogP contribution in [-0.4, -0.2) is 22.0 Å². The minimum Gasteiger partial charge on any atom is -0.326 e. The van der Waals surface area contributed by atoms with Crippen LogP contribution in [0, 0.1) is 5.82 Å². The van der Waals surface area contributed by atoms with Crippen molar-refractivity contribution in [2.75, 3.05) is 10.6 Å². The molecule has 25 heavy (non-hydrogen) atoms. The molecule has 1 aliphatic heterocycles. The van der Waals surface area contributed by atoms with Gasteiger partial charge in [0.2, 0.25) is 16.9 Å². The van der Waals surface area contributed by atoms with Gasteiger partial charge in [-0.15, -0.1) is 10.2 Å². The molecule has 2 aromatic rings. The van der Waals surface area contributed by atoms with E-state index in [1.54, 1.807) is 0 Å². The number of aryl methyl sites for hydroxylation is 1. The van der Waals surface area contributed by atoms with E-state index in [1.165, 1.54) is 29.5 Å². The molecule has 1 unspecified atom stereocenters. The Bertz CT molecular complexity index is 793. The fourth-order valence-corrected chi connectivity index (χ4v) is 3.58. The van der Waals surface area contributed by atoms with Gasteiger partial charge in [0.25, 0.3) is 0 Å². The molecule has 1 aromatic heterocycles. The normalized spacial score (nSPS) is 16.2. The number of nitrogens with one attached hydrogen (secondary N) is 2. The molecule has 2 heterocycles. The number of aromatic nitrogens is 2. The highest BCUT2D eigenvalue weighted by Gasteiger charge is 2.31. The van der Waals surface area contributed by atoms with Gasteiger partial charge in [-0.05, 0) is 24.1 Å². The Kier molecular flexibility index (Phi) is 5.37. The van der Waals surface area contributed by atoms with E-state index in [2.05, 4.69) is 27.8 Å². The van der Waals surface area contributed by atoms with Crippen LogP contribution in [0.15, 0.2) is 18.2 Å². The molecule has 2 amide bonds. The van der Waals surface area contributed by atoms with Crippen LogP contribution in [-0.2, 0) is 16.0 Å². The van der Waals surface area contributed by atoms with Crippen molar-refractivity contribution in [3.63, 3.8) is 0 Å². The number of halogens is 1. The number of amides is 2. The largest absolute Gasteiger partial charge is 0.326 e. The molecule has 0 fully saturated rings. The molecule has 2 N–H and O–H groups in total. The third kappa shape index (κ3) is 4.19. The number of hydrogen-bond acceptors (Lipinski definition) is 5. The second-order valence-corrected chi connectivity index (χ2v) is 7.05. The number of hydrogen-bond donors (Lipinski definition) is 2. The lowest BCUT2D eigenvalue weighted by Gasteiger charge is -2.24. The Hall–Kier alpha value is -2.35. The second kappa shape index (κ2) is 7.69. The van der Waals surface area contributed by atoms with Crippen LogP contribution < -0.4 is 10.6 Å². The molecule has 6 nitrogen and oxygen atoms in total. The highest BCUT2D eigenvalue weighted by atomic mass is 32.1. The van der Waals surface area contributed by atoms with Gasteiger partial charge in [-0.25, -0.2) is 4.39 Å². The van der Waals surface area contributed by atoms with Crippen LogP contribution in [0.5, 0.6) is 0 Å². The first-order valence-corrected chi connectivity index (χ1v) is 9.11. The summed E-state index contributed by atoms with van der Waals surface area (Å²) in [6.07, 6.45) is 4.17. The van der Waals surface area contributed by atoms with Crippen molar-refractivity contribution in [1.29, 1.82) is 0 Å². The number of anilines is 2. The van der Waals surface area contributed by atoms with Gasteiger partial charge in [0, 0.05) is 18.5 Å². The molecular formula is C17H19FN4O2S. The van der Waals surface area contributed by atoms with Gasteiger partial charge >= 0.3 is 0 Å². The van der Waals surface area contributed by atoms with Gasteiger partial charge in [-0.1, -0.05) is 37.2 Å². The molecule has 1 aromatic carbocycles. The van der Waals surface area contributed by atoms with Crippen LogP contribution >= 0.6 is 11.3 Å². The van der Waals surface area contributed by atoms with E-state index >= 15 is 0 Å². The molecule has 0 spiro atoms. The molecule has 0 aliphatic carbocycles. The average molecular weight is 362 g/mol. The number of fused-ring (bicyclic) bond motifs is 1. The van der Waals surface area contributed by atoms with Crippen LogP contribution in [0.2, 0.25) is 0 Å². The van der Waals surface area contributed by atoms with Gasteiger partial charge in [0.05, 0.1) is 5.92 Å². The van der Waals surface area contributed by atoms with E-state index in [9.17, 15) is 14.0 Å². The number of nitrogens with zero attached hydrogens (tertiary/aromatic N) is 2. The maximum atomic E-state index is 13.4. The van der Waals surface area contributed by atoms with E-state index in [1.807, 2.05) is 0 Å². The standard InChI is InChI=1S/C17H19FN4O2S/c1-2-3-4-5-15-21-22-17(25-15)20-16(24)12-9-14(23)19-13-8-10(18)6-7-11(12)13/h6-8,12H,2-5,9H2,1H3,(H,19,23)(H,20,22,24). The predicted octanol–water partition coefficient (Wildman–Crippen LogP) is 3.47. The van der Waals surface area contributed by atoms with Crippen molar-refractivity contribution < 1.29 is 14.0 Å². The predicted molar refractivity (Wildman–Crippen MR) is 94.2 cm³/mol. The zero-order valence-corrected chi connectivity index (χ0v) is 14.7. The SMILES string of the molecule is CCCCCc1nnc(NC(=O)C2CC(=O)Nc3cc(F)ccc32)s1. The molecule has 0 radical (unpaired) electrons. The Balaban J connectivity index is 1.70. The fourth-order valence-electron chi connectivity index (χ4n) is 2.80. The van der Waals surface area contributed by atoms with Gasteiger partial charge in [-0.3, -0.25) is 14.9 Å². The number of unbranched alkanes of at least 4 members (excludes halogenated alkanes) is 2. The van der Waals surface area contributed by atoms with Crippen LogP contribution in [0.3, 0.4) is 0 Å². The van der Waals surface area contributed by atoms with E-state index in [0.29, 0.717) is 16.4 Å². The van der Waals surface area contributed by atoms with Crippen molar-refractivity contribution >= 4 is 34.0 Å². The fraction of sp³-hybridized carbons (Fsp3) is 0.412. The lowest BCUT2D eigenvalue weighted by molar-refractivity contribution is -0.123. The van der Waals surface area contributed by atoms with E-state index < -0.39 is 11.7 Å². The highest BCUT2D eigenvalue weighted by molar-refractivity contribution is 7.15. The summed E-state index contributed by atoms with van der Waals surface area (Å²) >= 11 is 1.35. The second-order valence-electron chi connectivity index (χ2n) is 5.98. The quantitative estimate of drug-likeness (QED) is 0.771. The Morgan fingerprint density at radius 3 is 3.04 bits per heavy atom. The molecular weight excluding hydrogens is 343 g/mol. The van der Waals surface area contributed by atoms with Crippen molar-refractivity contribution in [3.8, 4) is 0 Å². The van der Waals surface area contributed by atoms with Gasteiger partial charge in [0.15, 0.2) is 0 Å². The van der Waals surface area contributed by atoms with Crippen LogP contribution in [0.25, 0.3) is 0 Å². The molecule has 0 saturated carbocycles. The first-order valence-electron chi connectivity index (χ1n) is 8.29. The van der Waals surface area contributed by atoms with Gasteiger partial charge in [-0.2, -0.15) is 0 Å². The van der Waals surface area contributed by atoms with Gasteiger partial charge < -0.3 is 5.32 Å². The van der Waals surface area contributed by atoms with E-state index in [4.69, 9.17) is 0 Å². The lowest BCUT2D eigenvalue weighted by atomic mass is 9.90. The lowest BCUT2D eigenvalue weighted by Crippen LogP contribution is -2.30. The average Bonchev–Trinajstić information content (AvgIpc) is 3.01. The van der Waals surface area contributed by atoms with Crippen LogP contribution in [0.4, 0.5) is 15.2 Å². The van der Waals surface area contributed by atoms with Crippen LogP contribution in [0.1, 0.15) is 49.1 Å². The summed E-state index contributed by atoms with van der Waals surface area (Å²) in [6.45, 7) is 2.13. The maximum Gasteiger partial charge on any atom is 0.234 e. The number of rotatable bonds is 6. The third-order valence-electron chi connectivity index (χ3n) is 4.06. The highest BCUT2D eigenvalue weighted by Crippen LogP contribution is 2.33. The zero-order chi connectivity index (χ0) is 17.8. The summed E-state index contributed by atoms with van der Waals surface area (Å²) in [4.78, 5) is 24.4. The summed E-state index contributed by atoms with van der Waals surface area (Å²) in [6, 6.07) is 4.04. The number of carbonyl (C=O) groups excluding carboxylic acids is 2. The molecule has 8 heteroatoms. The molecule has 1 aliphatic rings. The first kappa shape index (κ1) is 17.5. The summed E-state index contributed by atoms with van der Waals surface area (Å²) in [5, 5.41) is 14.7. The third-order valence-corrected chi connectivity index (χ3v) is 4.96. The van der Waals surface area contributed by atoms with Gasteiger partial charge in [0.1, 0.15) is 10.8 Å². The number of benzene rings is 1. The van der Waals surface area contributed by atoms with Crippen molar-refractivity contribution in [2.45, 2.75) is 44.9 Å². The number of carbonyl (C=O) groups is 2. The molecule has 3 rings (SSSR count). The van der Waals surface area contributed by atoms with E-state index in [0.717, 1.165) is 30.7 Å². The van der Waals surface area contributed by atoms with Crippen molar-refractivity contribution in [3.05, 3.63) is 34.6 Å². The minimum atomic E-state index is -0.670. The monoisotopic (exact) mass is 362 g/mol. The van der Waals surface area contributed by atoms with E-state index in [-0.39, 0.29) is 18.2 Å². The minimum absolute atomic E-state index is 0.0205. The summed E-state index contributed by atoms with van der Waals surface area (Å²) in [7, 11) is 0. The van der Waals surface area contributed by atoms with Crippen molar-refractivity contribution in [1.82, 2.24) is 10.2 Å². The van der Waals surface area contributed by atoms with Crippen molar-refractivity contribution in [2.24, 2.45) is 0 Å². The topological polar surface area (TPSA) is 84.0 Å². The zero-order valence-electron chi connectivity index (χ0n) is 13.8. The molecule has 0 saturated heterocycles. The smallest absolute Gasteiger partial charge is 0.234 e. The maximum absolute atomic E-state index is 13.4.